The first-order chi connectivity index (χ1) is 5.33. The highest BCUT2D eigenvalue weighted by Gasteiger charge is 1.55. The Morgan fingerprint density at radius 3 is 1.89 bits per heavy atom. The van der Waals surface area contributed by atoms with E-state index in [1.165, 1.54) is 0 Å². The highest BCUT2D eigenvalue weighted by molar-refractivity contribution is 7.98. The largest absolute Gasteiger partial charge is 0.166 e. The van der Waals surface area contributed by atoms with Crippen molar-refractivity contribution in [2.75, 3.05) is 12.0 Å². The molecule has 0 saturated carbocycles. The van der Waals surface area contributed by atoms with Gasteiger partial charge in [0.05, 0.1) is 0 Å². The second-order valence-electron chi connectivity index (χ2n) is 0.993. The Labute approximate surface area is 71.2 Å². The molecule has 0 aromatic carbocycles. The monoisotopic (exact) mass is 158 g/mol. The second kappa shape index (κ2) is 40.2. The predicted molar refractivity (Wildman–Crippen MR) is 55.6 cm³/mol. The zero-order valence-electron chi connectivity index (χ0n) is 9.24. The third kappa shape index (κ3) is 185. The van der Waals surface area contributed by atoms with E-state index in [9.17, 15) is 0 Å². The summed E-state index contributed by atoms with van der Waals surface area (Å²) >= 11 is 1.71. The molecule has 0 radical (unpaired) electrons. The molecule has 0 bridgehead atoms. The van der Waals surface area contributed by atoms with Crippen molar-refractivity contribution in [2.45, 2.75) is 41.0 Å². The number of hydrogen-bond acceptors (Lipinski definition) is 1. The Bertz CT molecular complexity index is 35.3. The standard InChI is InChI=1S/C3H8S.C3H8.C2H6.2H2/c1-3-4-2;1-3-2;1-2;;/h3H2,1-2H3;3H2,1-2H3;1-2H3;2*1H/i2*1D;;2*1+1. The second-order valence-corrected chi connectivity index (χ2v) is 1.98. The van der Waals surface area contributed by atoms with Gasteiger partial charge in [-0.15, -0.1) is 0 Å². The van der Waals surface area contributed by atoms with Gasteiger partial charge in [0.15, 0.2) is 0 Å². The Morgan fingerprint density at radius 2 is 1.89 bits per heavy atom. The van der Waals surface area contributed by atoms with Gasteiger partial charge in [-0.3, -0.25) is 0 Å². The highest BCUT2D eigenvalue weighted by Crippen LogP contribution is 1.83. The minimum atomic E-state index is 0. The van der Waals surface area contributed by atoms with Crippen molar-refractivity contribution in [3.8, 4) is 0 Å². The van der Waals surface area contributed by atoms with Crippen molar-refractivity contribution >= 4 is 11.8 Å². The summed E-state index contributed by atoms with van der Waals surface area (Å²) in [7, 11) is 0. The third-order valence-corrected chi connectivity index (χ3v) is 0.612. The quantitative estimate of drug-likeness (QED) is 0.548. The molecule has 0 aliphatic carbocycles. The summed E-state index contributed by atoms with van der Waals surface area (Å²) in [5.74, 6) is 0.972. The van der Waals surface area contributed by atoms with Gasteiger partial charge in [-0.2, -0.15) is 11.8 Å². The van der Waals surface area contributed by atoms with Crippen LogP contribution in [-0.4, -0.2) is 12.0 Å². The fraction of sp³-hybridized carbons (Fsp3) is 1.00. The molecule has 0 unspecified atom stereocenters. The fourth-order valence-electron chi connectivity index (χ4n) is 0. The van der Waals surface area contributed by atoms with E-state index in [0.29, 0.717) is 13.8 Å². The molecule has 0 fully saturated rings. The van der Waals surface area contributed by atoms with Crippen LogP contribution in [0.15, 0.2) is 0 Å². The van der Waals surface area contributed by atoms with Gasteiger partial charge in [0.2, 0.25) is 0 Å². The molecule has 9 heavy (non-hydrogen) atoms. The van der Waals surface area contributed by atoms with E-state index >= 15 is 0 Å². The SMILES string of the molecule is CC.[2HH].[2HH].[2H]CCC.[2H]CCSC. The molecule has 0 heterocycles. The van der Waals surface area contributed by atoms with Crippen molar-refractivity contribution in [1.82, 2.24) is 0 Å². The summed E-state index contributed by atoms with van der Waals surface area (Å²) in [6.07, 6.45) is 2.99. The van der Waals surface area contributed by atoms with Crippen LogP contribution in [0.5, 0.6) is 0 Å². The van der Waals surface area contributed by atoms with Gasteiger partial charge in [-0.1, -0.05) is 41.0 Å². The van der Waals surface area contributed by atoms with Gasteiger partial charge < -0.3 is 0 Å². The van der Waals surface area contributed by atoms with Crippen LogP contribution < -0.4 is 0 Å². The van der Waals surface area contributed by atoms with Crippen molar-refractivity contribution < 1.29 is 5.59 Å². The molecule has 64 valence electrons. The van der Waals surface area contributed by atoms with E-state index in [1.807, 2.05) is 27.0 Å². The number of rotatable bonds is 1. The summed E-state index contributed by atoms with van der Waals surface area (Å²) < 4.78 is 13.0. The third-order valence-electron chi connectivity index (χ3n) is 0.204. The molecule has 0 rings (SSSR count). The van der Waals surface area contributed by atoms with Crippen molar-refractivity contribution in [3.05, 3.63) is 0 Å². The average Bonchev–Trinajstić information content (AvgIpc) is 2.10. The lowest BCUT2D eigenvalue weighted by atomic mass is 10.6. The van der Waals surface area contributed by atoms with Gasteiger partial charge in [0.1, 0.15) is 0 Å². The summed E-state index contributed by atoms with van der Waals surface area (Å²) in [6.45, 7) is 7.12. The Kier molecular flexibility index (Phi) is 41.8. The van der Waals surface area contributed by atoms with Crippen LogP contribution in [-0.2, 0) is 0 Å². The maximum absolute atomic E-state index is 6.58. The van der Waals surface area contributed by atoms with Crippen LogP contribution in [0, 0.1) is 0 Å². The van der Waals surface area contributed by atoms with Crippen LogP contribution in [0.4, 0.5) is 0 Å². The van der Waals surface area contributed by atoms with Crippen LogP contribution in [0.3, 0.4) is 0 Å². The van der Waals surface area contributed by atoms with E-state index in [0.717, 1.165) is 12.2 Å². The zero-order chi connectivity index (χ0) is 9.54. The summed E-state index contributed by atoms with van der Waals surface area (Å²) in [5, 5.41) is 0. The zero-order valence-corrected chi connectivity index (χ0v) is 8.05. The molecule has 0 aromatic rings. The molecule has 1 heteroatoms. The molecule has 0 N–H and O–H groups in total. The van der Waals surface area contributed by atoms with E-state index < -0.39 is 0 Å². The molecular formula is C8H26S. The molecule has 0 aromatic heterocycles. The summed E-state index contributed by atoms with van der Waals surface area (Å²) in [5.41, 5.74) is 0. The normalized spacial score (nSPS) is 8.89. The number of hydrogen-bond donors (Lipinski definition) is 0. The molecular weight excluding hydrogens is 128 g/mol. The average molecular weight is 158 g/mol. The lowest BCUT2D eigenvalue weighted by Gasteiger charge is -1.69. The van der Waals surface area contributed by atoms with Gasteiger partial charge >= 0.3 is 0 Å². The minimum absolute atomic E-state index is 0. The molecule has 0 spiro atoms. The van der Waals surface area contributed by atoms with E-state index in [1.54, 1.807) is 11.8 Å². The molecule has 0 saturated heterocycles. The van der Waals surface area contributed by atoms with E-state index in [4.69, 9.17) is 2.74 Å². The Hall–Kier alpha value is 0.350. The smallest absolute Gasteiger partial charge is 0.0239 e. The van der Waals surface area contributed by atoms with Gasteiger partial charge in [-0.05, 0) is 12.0 Å². The van der Waals surface area contributed by atoms with E-state index in [2.05, 4.69) is 0 Å². The molecule has 0 aliphatic rings. The first-order valence-electron chi connectivity index (χ1n) is 4.82. The van der Waals surface area contributed by atoms with Gasteiger partial charge in [0.25, 0.3) is 0 Å². The highest BCUT2D eigenvalue weighted by atomic mass is 32.2. The number of thioether (sulfide) groups is 1. The van der Waals surface area contributed by atoms with Crippen LogP contribution in [0.1, 0.15) is 46.6 Å². The fourth-order valence-corrected chi connectivity index (χ4v) is 0. The van der Waals surface area contributed by atoms with Crippen molar-refractivity contribution in [2.24, 2.45) is 0 Å². The minimum Gasteiger partial charge on any atom is -0.166 e. The first-order valence-corrected chi connectivity index (χ1v) is 4.80. The molecule has 0 nitrogen and oxygen atoms in total. The summed E-state index contributed by atoms with van der Waals surface area (Å²) in [4.78, 5) is 0. The Balaban J connectivity index is -0.0000000246. The maximum atomic E-state index is 6.58. The maximum Gasteiger partial charge on any atom is 0.0239 e. The van der Waals surface area contributed by atoms with Gasteiger partial charge in [0, 0.05) is 5.59 Å². The lowest BCUT2D eigenvalue weighted by molar-refractivity contribution is 1.09. The van der Waals surface area contributed by atoms with E-state index in [-0.39, 0.29) is 2.85 Å². The lowest BCUT2D eigenvalue weighted by Crippen LogP contribution is -1.52. The van der Waals surface area contributed by atoms with Crippen LogP contribution >= 0.6 is 11.8 Å². The van der Waals surface area contributed by atoms with Crippen molar-refractivity contribution in [3.63, 3.8) is 0 Å². The summed E-state index contributed by atoms with van der Waals surface area (Å²) in [6, 6.07) is 0. The predicted octanol–water partition coefficient (Wildman–Crippen LogP) is 4.30. The molecule has 0 amide bonds. The first kappa shape index (κ1) is 9.35. The Morgan fingerprint density at radius 1 is 1.44 bits per heavy atom. The topological polar surface area (TPSA) is 0 Å². The van der Waals surface area contributed by atoms with Crippen LogP contribution in [0.2, 0.25) is 0 Å². The van der Waals surface area contributed by atoms with Crippen LogP contribution in [0.25, 0.3) is 0 Å². The molecule has 0 atom stereocenters. The van der Waals surface area contributed by atoms with Gasteiger partial charge in [-0.25, -0.2) is 0 Å². The molecule has 0 aliphatic heterocycles. The van der Waals surface area contributed by atoms with Crippen molar-refractivity contribution in [1.29, 1.82) is 0 Å².